The number of benzene rings is 1. The summed E-state index contributed by atoms with van der Waals surface area (Å²) in [5, 5.41) is 0. The molecule has 0 bridgehead atoms. The minimum atomic E-state index is -0.315. The molecule has 1 aromatic rings. The lowest BCUT2D eigenvalue weighted by atomic mass is 9.65. The predicted octanol–water partition coefficient (Wildman–Crippen LogP) is 4.20. The molecule has 0 aromatic heterocycles. The maximum atomic E-state index is 11.9. The van der Waals surface area contributed by atoms with Crippen LogP contribution < -0.4 is 4.74 Å². The van der Waals surface area contributed by atoms with E-state index in [1.54, 1.807) is 6.08 Å². The summed E-state index contributed by atoms with van der Waals surface area (Å²) in [5.74, 6) is 0.614. The zero-order valence-corrected chi connectivity index (χ0v) is 14.0. The number of allylic oxidation sites excluding steroid dienone is 2. The number of carbonyl (C=O) groups excluding carboxylic acids is 2. The topological polar surface area (TPSA) is 43.4 Å². The van der Waals surface area contributed by atoms with Crippen LogP contribution in [0, 0.1) is 5.41 Å². The van der Waals surface area contributed by atoms with Crippen molar-refractivity contribution < 1.29 is 14.3 Å². The van der Waals surface area contributed by atoms with Crippen LogP contribution in [-0.4, -0.2) is 11.8 Å². The molecule has 0 heterocycles. The molecule has 1 aliphatic rings. The fourth-order valence-electron chi connectivity index (χ4n) is 3.55. The minimum absolute atomic E-state index is 0.143. The number of ether oxygens (including phenoxy) is 1. The average Bonchev–Trinajstić information content (AvgIpc) is 2.34. The molecule has 0 saturated heterocycles. The summed E-state index contributed by atoms with van der Waals surface area (Å²) in [7, 11) is 0. The Morgan fingerprint density at radius 2 is 2.00 bits per heavy atom. The third-order valence-electron chi connectivity index (χ3n) is 4.25. The molecule has 3 nitrogen and oxygen atoms in total. The summed E-state index contributed by atoms with van der Waals surface area (Å²) in [6.45, 7) is 9.74. The Balaban J connectivity index is 2.52. The zero-order valence-electron chi connectivity index (χ0n) is 14.0. The van der Waals surface area contributed by atoms with Crippen molar-refractivity contribution in [3.63, 3.8) is 0 Å². The number of carbonyl (C=O) groups is 2. The Morgan fingerprint density at radius 1 is 1.32 bits per heavy atom. The Kier molecular flexibility index (Phi) is 4.55. The third kappa shape index (κ3) is 3.46. The van der Waals surface area contributed by atoms with E-state index in [4.69, 9.17) is 4.74 Å². The molecule has 1 aliphatic carbocycles. The van der Waals surface area contributed by atoms with E-state index in [-0.39, 0.29) is 23.1 Å². The molecule has 22 heavy (non-hydrogen) atoms. The average molecular weight is 300 g/mol. The van der Waals surface area contributed by atoms with Gasteiger partial charge in [0.1, 0.15) is 5.75 Å². The maximum Gasteiger partial charge on any atom is 0.308 e. The molecule has 0 amide bonds. The SMILES string of the molecule is CCc1cc(OC(C)=O)cc(C2C(C)=CC(=O)CC2(C)C)c1. The smallest absolute Gasteiger partial charge is 0.308 e. The zero-order chi connectivity index (χ0) is 16.5. The second kappa shape index (κ2) is 6.07. The molecular formula is C19H24O3. The highest BCUT2D eigenvalue weighted by molar-refractivity contribution is 5.92. The van der Waals surface area contributed by atoms with Crippen LogP contribution in [0.1, 0.15) is 58.1 Å². The monoisotopic (exact) mass is 300 g/mol. The highest BCUT2D eigenvalue weighted by atomic mass is 16.5. The van der Waals surface area contributed by atoms with Crippen molar-refractivity contribution >= 4 is 11.8 Å². The van der Waals surface area contributed by atoms with Crippen molar-refractivity contribution in [2.45, 2.75) is 53.4 Å². The van der Waals surface area contributed by atoms with E-state index >= 15 is 0 Å². The molecule has 0 saturated carbocycles. The van der Waals surface area contributed by atoms with Gasteiger partial charge in [-0.1, -0.05) is 32.4 Å². The van der Waals surface area contributed by atoms with Gasteiger partial charge in [0.15, 0.2) is 5.78 Å². The van der Waals surface area contributed by atoms with Gasteiger partial charge in [-0.15, -0.1) is 0 Å². The van der Waals surface area contributed by atoms with Crippen LogP contribution in [0.5, 0.6) is 5.75 Å². The standard InChI is InChI=1S/C19H24O3/c1-6-14-8-15(10-17(9-14)22-13(3)20)18-12(2)7-16(21)11-19(18,4)5/h7-10,18H,6,11H2,1-5H3. The molecule has 0 spiro atoms. The van der Waals surface area contributed by atoms with Crippen LogP contribution in [-0.2, 0) is 16.0 Å². The highest BCUT2D eigenvalue weighted by Gasteiger charge is 2.37. The molecule has 1 unspecified atom stereocenters. The van der Waals surface area contributed by atoms with Crippen molar-refractivity contribution in [2.24, 2.45) is 5.41 Å². The summed E-state index contributed by atoms with van der Waals surface area (Å²) in [4.78, 5) is 23.1. The summed E-state index contributed by atoms with van der Waals surface area (Å²) in [5.41, 5.74) is 3.18. The van der Waals surface area contributed by atoms with Gasteiger partial charge >= 0.3 is 5.97 Å². The second-order valence-corrected chi connectivity index (χ2v) is 6.81. The molecule has 0 radical (unpaired) electrons. The Labute approximate surface area is 132 Å². The predicted molar refractivity (Wildman–Crippen MR) is 87.0 cm³/mol. The van der Waals surface area contributed by atoms with Crippen molar-refractivity contribution in [2.75, 3.05) is 0 Å². The largest absolute Gasteiger partial charge is 0.427 e. The van der Waals surface area contributed by atoms with E-state index in [0.29, 0.717) is 12.2 Å². The van der Waals surface area contributed by atoms with Gasteiger partial charge in [0.2, 0.25) is 0 Å². The first kappa shape index (κ1) is 16.5. The molecule has 118 valence electrons. The van der Waals surface area contributed by atoms with Gasteiger partial charge in [0.05, 0.1) is 0 Å². The van der Waals surface area contributed by atoms with Crippen LogP contribution >= 0.6 is 0 Å². The van der Waals surface area contributed by atoms with Crippen LogP contribution in [0.25, 0.3) is 0 Å². The van der Waals surface area contributed by atoms with E-state index in [1.165, 1.54) is 6.92 Å². The Morgan fingerprint density at radius 3 is 2.55 bits per heavy atom. The molecule has 1 atom stereocenters. The fourth-order valence-corrected chi connectivity index (χ4v) is 3.55. The number of rotatable bonds is 3. The fraction of sp³-hybridized carbons (Fsp3) is 0.474. The Bertz CT molecular complexity index is 638. The lowest BCUT2D eigenvalue weighted by Gasteiger charge is -2.38. The normalized spacial score (nSPS) is 20.5. The molecular weight excluding hydrogens is 276 g/mol. The summed E-state index contributed by atoms with van der Waals surface area (Å²) in [6.07, 6.45) is 3.16. The Hall–Kier alpha value is -1.90. The van der Waals surface area contributed by atoms with Crippen molar-refractivity contribution in [1.82, 2.24) is 0 Å². The lowest BCUT2D eigenvalue weighted by molar-refractivity contribution is -0.131. The molecule has 3 heteroatoms. The number of aryl methyl sites for hydroxylation is 1. The third-order valence-corrected chi connectivity index (χ3v) is 4.25. The maximum absolute atomic E-state index is 11.9. The summed E-state index contributed by atoms with van der Waals surface area (Å²) < 4.78 is 5.29. The van der Waals surface area contributed by atoms with Crippen LogP contribution in [0.3, 0.4) is 0 Å². The first-order valence-corrected chi connectivity index (χ1v) is 7.76. The van der Waals surface area contributed by atoms with Crippen LogP contribution in [0.15, 0.2) is 29.8 Å². The van der Waals surface area contributed by atoms with Gasteiger partial charge in [-0.3, -0.25) is 9.59 Å². The molecule has 0 aliphatic heterocycles. The van der Waals surface area contributed by atoms with Gasteiger partial charge in [0.25, 0.3) is 0 Å². The van der Waals surface area contributed by atoms with Crippen LogP contribution in [0.4, 0.5) is 0 Å². The van der Waals surface area contributed by atoms with E-state index in [1.807, 2.05) is 19.1 Å². The lowest BCUT2D eigenvalue weighted by Crippen LogP contribution is -2.30. The van der Waals surface area contributed by atoms with Gasteiger partial charge < -0.3 is 4.74 Å². The summed E-state index contributed by atoms with van der Waals surface area (Å²) >= 11 is 0. The number of esters is 1. The highest BCUT2D eigenvalue weighted by Crippen LogP contribution is 2.47. The number of hydrogen-bond donors (Lipinski definition) is 0. The first-order valence-electron chi connectivity index (χ1n) is 7.76. The molecule has 2 rings (SSSR count). The van der Waals surface area contributed by atoms with Crippen molar-refractivity contribution in [3.8, 4) is 5.75 Å². The quantitative estimate of drug-likeness (QED) is 0.620. The molecule has 0 N–H and O–H groups in total. The van der Waals surface area contributed by atoms with E-state index in [9.17, 15) is 9.59 Å². The van der Waals surface area contributed by atoms with E-state index in [0.717, 1.165) is 23.1 Å². The van der Waals surface area contributed by atoms with Gasteiger partial charge in [-0.25, -0.2) is 0 Å². The van der Waals surface area contributed by atoms with Gasteiger partial charge in [-0.2, -0.15) is 0 Å². The second-order valence-electron chi connectivity index (χ2n) is 6.81. The number of hydrogen-bond acceptors (Lipinski definition) is 3. The number of ketones is 1. The van der Waals surface area contributed by atoms with Gasteiger partial charge in [0, 0.05) is 19.3 Å². The van der Waals surface area contributed by atoms with Crippen molar-refractivity contribution in [1.29, 1.82) is 0 Å². The van der Waals surface area contributed by atoms with E-state index < -0.39 is 0 Å². The minimum Gasteiger partial charge on any atom is -0.427 e. The molecule has 0 fully saturated rings. The molecule has 1 aromatic carbocycles. The van der Waals surface area contributed by atoms with Crippen molar-refractivity contribution in [3.05, 3.63) is 41.0 Å². The van der Waals surface area contributed by atoms with Crippen LogP contribution in [0.2, 0.25) is 0 Å². The van der Waals surface area contributed by atoms with E-state index in [2.05, 4.69) is 26.8 Å². The summed E-state index contributed by atoms with van der Waals surface area (Å²) in [6, 6.07) is 6.00. The first-order chi connectivity index (χ1) is 10.2. The van der Waals surface area contributed by atoms with Gasteiger partial charge in [-0.05, 0) is 48.1 Å².